The first-order valence-electron chi connectivity index (χ1n) is 13.6. The summed E-state index contributed by atoms with van der Waals surface area (Å²) in [4.78, 5) is 26.1. The van der Waals surface area contributed by atoms with E-state index in [4.69, 9.17) is 19.0 Å². The number of carbonyl (C=O) groups excluding carboxylic acids is 1. The zero-order chi connectivity index (χ0) is 29.8. The molecule has 0 spiro atoms. The van der Waals surface area contributed by atoms with Crippen molar-refractivity contribution < 1.29 is 18.1 Å². The monoisotopic (exact) mass is 575 g/mol. The number of benzene rings is 3. The summed E-state index contributed by atoms with van der Waals surface area (Å²) in [7, 11) is -4.52. The van der Waals surface area contributed by atoms with Gasteiger partial charge in [0.2, 0.25) is 8.32 Å². The third-order valence-electron chi connectivity index (χ3n) is 8.53. The van der Waals surface area contributed by atoms with Crippen LogP contribution < -0.4 is 15.6 Å². The Morgan fingerprint density at radius 3 is 2.05 bits per heavy atom. The molecule has 1 heterocycles. The Morgan fingerprint density at radius 1 is 0.800 bits per heavy atom. The molecule has 0 unspecified atom stereocenters. The van der Waals surface area contributed by atoms with E-state index in [2.05, 4.69) is 54.6 Å². The zero-order valence-electron chi connectivity index (χ0n) is 25.3. The van der Waals surface area contributed by atoms with Gasteiger partial charge in [-0.25, -0.2) is 4.79 Å². The predicted octanol–water partition coefficient (Wildman–Crippen LogP) is 8.69. The molecule has 0 amide bonds. The van der Waals surface area contributed by atoms with E-state index >= 15 is 0 Å². The fourth-order valence-corrected chi connectivity index (χ4v) is 5.94. The van der Waals surface area contributed by atoms with Gasteiger partial charge >= 0.3 is 5.97 Å². The van der Waals surface area contributed by atoms with Gasteiger partial charge in [0.15, 0.2) is 5.43 Å². The highest BCUT2D eigenvalue weighted by Crippen LogP contribution is 2.44. The van der Waals surface area contributed by atoms with Crippen LogP contribution in [0.5, 0.6) is 5.75 Å². The molecule has 0 aromatic heterocycles. The molecular weight excluding hydrogens is 535 g/mol. The predicted molar refractivity (Wildman–Crippen MR) is 169 cm³/mol. The lowest BCUT2D eigenvalue weighted by atomic mass is 9.90. The smallest absolute Gasteiger partial charge is 0.325 e. The molecule has 2 aliphatic rings. The normalized spacial score (nSPS) is 13.1. The minimum absolute atomic E-state index is 0.0223. The van der Waals surface area contributed by atoms with Crippen LogP contribution in [0.2, 0.25) is 36.3 Å². The van der Waals surface area contributed by atoms with Crippen molar-refractivity contribution >= 4 is 39.3 Å². The molecule has 0 bridgehead atoms. The van der Waals surface area contributed by atoms with Crippen LogP contribution >= 0.6 is 0 Å². The van der Waals surface area contributed by atoms with Crippen molar-refractivity contribution in [3.05, 3.63) is 70.4 Å². The Balaban J connectivity index is 1.97. The number of carbonyl (C=O) groups is 1. The Hall–Kier alpha value is -3.37. The van der Waals surface area contributed by atoms with Crippen LogP contribution in [-0.2, 0) is 4.43 Å². The van der Waals surface area contributed by atoms with Crippen molar-refractivity contribution in [2.75, 3.05) is 5.73 Å². The zero-order valence-corrected chi connectivity index (χ0v) is 27.3. The topological polar surface area (TPSA) is 91.8 Å². The second kappa shape index (κ2) is 9.92. The lowest BCUT2D eigenvalue weighted by molar-refractivity contribution is 0.0713. The van der Waals surface area contributed by atoms with E-state index in [1.165, 1.54) is 12.1 Å². The minimum Gasteiger partial charge on any atom is -0.543 e. The van der Waals surface area contributed by atoms with E-state index in [-0.39, 0.29) is 15.5 Å². The molecule has 1 aliphatic heterocycles. The maximum Gasteiger partial charge on any atom is 0.325 e. The van der Waals surface area contributed by atoms with Gasteiger partial charge in [0.25, 0.3) is 8.32 Å². The number of hydrogen-bond acceptors (Lipinski definition) is 6. The lowest BCUT2D eigenvalue weighted by Crippen LogP contribution is -2.43. The van der Waals surface area contributed by atoms with E-state index in [0.717, 1.165) is 16.5 Å². The number of rotatable bonds is 5. The summed E-state index contributed by atoms with van der Waals surface area (Å²) < 4.78 is 19.0. The molecule has 1 aliphatic carbocycles. The van der Waals surface area contributed by atoms with E-state index in [9.17, 15) is 9.59 Å². The van der Waals surface area contributed by atoms with Crippen LogP contribution in [0.25, 0.3) is 33.4 Å². The molecule has 0 saturated carbocycles. The highest BCUT2D eigenvalue weighted by Gasteiger charge is 2.41. The molecule has 6 nitrogen and oxygen atoms in total. The van der Waals surface area contributed by atoms with Crippen molar-refractivity contribution in [3.8, 4) is 28.2 Å². The fraction of sp³-hybridized carbons (Fsp3) is 0.375. The summed E-state index contributed by atoms with van der Waals surface area (Å²) in [6.07, 6.45) is 0. The van der Waals surface area contributed by atoms with Crippen molar-refractivity contribution in [3.63, 3.8) is 0 Å². The van der Waals surface area contributed by atoms with Gasteiger partial charge in [-0.1, -0.05) is 47.6 Å². The van der Waals surface area contributed by atoms with Crippen molar-refractivity contribution in [1.29, 1.82) is 0 Å². The van der Waals surface area contributed by atoms with Crippen LogP contribution in [0.15, 0.2) is 63.8 Å². The summed E-state index contributed by atoms with van der Waals surface area (Å²) in [5.74, 6) is 0.732. The second-order valence-corrected chi connectivity index (χ2v) is 23.1. The fourth-order valence-electron chi connectivity index (χ4n) is 4.04. The average molecular weight is 576 g/mol. The summed E-state index contributed by atoms with van der Waals surface area (Å²) >= 11 is 0. The van der Waals surface area contributed by atoms with Gasteiger partial charge in [0, 0.05) is 34.3 Å². The second-order valence-electron chi connectivity index (χ2n) is 13.6. The van der Waals surface area contributed by atoms with Gasteiger partial charge in [-0.2, -0.15) is 0 Å². The highest BCUT2D eigenvalue weighted by atomic mass is 28.4. The largest absolute Gasteiger partial charge is 0.543 e. The van der Waals surface area contributed by atoms with Crippen molar-refractivity contribution in [2.24, 2.45) is 0 Å². The van der Waals surface area contributed by atoms with E-state index in [1.54, 1.807) is 18.2 Å². The number of nitrogen functional groups attached to an aromatic ring is 1. The molecule has 40 heavy (non-hydrogen) atoms. The van der Waals surface area contributed by atoms with Crippen LogP contribution in [0, 0.1) is 0 Å². The van der Waals surface area contributed by atoms with Gasteiger partial charge < -0.3 is 19.0 Å². The van der Waals surface area contributed by atoms with Gasteiger partial charge in [-0.05, 0) is 78.2 Å². The maximum absolute atomic E-state index is 13.8. The standard InChI is InChI=1S/C32H41NO5Si2/c1-31(2,3)39(7,8)37-22-13-16-25-28(19-22)36-27-18-21(34)12-15-24(27)29(25)23-14-11-20(33)17-26(23)30(35)38-40(9,10)32(4,5)6/h11-19H,33H2,1-10H3. The Labute approximate surface area is 239 Å². The van der Waals surface area contributed by atoms with E-state index in [1.807, 2.05) is 37.4 Å². The summed E-state index contributed by atoms with van der Waals surface area (Å²) in [6, 6.07) is 15.8. The quantitative estimate of drug-likeness (QED) is 0.145. The summed E-state index contributed by atoms with van der Waals surface area (Å²) in [6.45, 7) is 21.3. The number of hydrogen-bond donors (Lipinski definition) is 1. The first-order valence-corrected chi connectivity index (χ1v) is 19.5. The molecule has 0 radical (unpaired) electrons. The molecule has 8 heteroatoms. The molecule has 2 N–H and O–H groups in total. The molecular formula is C32H41NO5Si2. The van der Waals surface area contributed by atoms with Crippen LogP contribution in [-0.4, -0.2) is 22.6 Å². The van der Waals surface area contributed by atoms with Gasteiger partial charge in [-0.3, -0.25) is 4.79 Å². The first-order chi connectivity index (χ1) is 18.3. The third-order valence-corrected chi connectivity index (χ3v) is 17.2. The van der Waals surface area contributed by atoms with E-state index in [0.29, 0.717) is 33.9 Å². The SMILES string of the molecule is CC(C)(C)[Si](C)(C)OC(=O)c1cc(N)ccc1-c1c2ccc(=O)cc-2oc2cc(O[Si](C)(C)C(C)(C)C)ccc12. The summed E-state index contributed by atoms with van der Waals surface area (Å²) in [5, 5.41) is 0.660. The highest BCUT2D eigenvalue weighted by molar-refractivity contribution is 6.75. The Kier molecular flexibility index (Phi) is 7.35. The minimum atomic E-state index is -2.42. The van der Waals surface area contributed by atoms with Crippen LogP contribution in [0.3, 0.4) is 0 Å². The number of nitrogens with two attached hydrogens (primary N) is 1. The van der Waals surface area contributed by atoms with Crippen molar-refractivity contribution in [2.45, 2.75) is 77.8 Å². The molecule has 2 aromatic rings. The lowest BCUT2D eigenvalue weighted by Gasteiger charge is -2.36. The molecule has 212 valence electrons. The Morgan fingerprint density at radius 2 is 1.43 bits per heavy atom. The Bertz CT molecular complexity index is 1620. The summed E-state index contributed by atoms with van der Waals surface area (Å²) in [5.41, 5.74) is 9.59. The average Bonchev–Trinajstić information content (AvgIpc) is 2.80. The molecule has 0 atom stereocenters. The molecule has 4 rings (SSSR count). The van der Waals surface area contributed by atoms with Gasteiger partial charge in [0.1, 0.15) is 17.1 Å². The van der Waals surface area contributed by atoms with Crippen LogP contribution in [0.1, 0.15) is 51.9 Å². The van der Waals surface area contributed by atoms with Gasteiger partial charge in [-0.15, -0.1) is 0 Å². The number of anilines is 1. The molecule has 2 aromatic carbocycles. The first kappa shape index (κ1) is 29.6. The van der Waals surface area contributed by atoms with Crippen LogP contribution in [0.4, 0.5) is 5.69 Å². The van der Waals surface area contributed by atoms with E-state index < -0.39 is 22.6 Å². The number of fused-ring (bicyclic) bond motifs is 2. The molecule has 0 fully saturated rings. The molecule has 0 saturated heterocycles. The van der Waals surface area contributed by atoms with Crippen molar-refractivity contribution in [1.82, 2.24) is 0 Å². The maximum atomic E-state index is 13.8. The van der Waals surface area contributed by atoms with Gasteiger partial charge in [0.05, 0.1) is 5.56 Å². The third kappa shape index (κ3) is 5.60.